The van der Waals surface area contributed by atoms with Crippen LogP contribution in [0.15, 0.2) is 48.5 Å². The number of amides is 2. The Morgan fingerprint density at radius 2 is 1.56 bits per heavy atom. The van der Waals surface area contributed by atoms with E-state index in [0.29, 0.717) is 16.9 Å². The van der Waals surface area contributed by atoms with Crippen LogP contribution in [0.2, 0.25) is 0 Å². The lowest BCUT2D eigenvalue weighted by Crippen LogP contribution is -2.39. The number of rotatable bonds is 6. The predicted octanol–water partition coefficient (Wildman–Crippen LogP) is 3.15. The number of methoxy groups -OCH3 is 1. The van der Waals surface area contributed by atoms with Crippen molar-refractivity contribution in [3.05, 3.63) is 59.7 Å². The molecule has 4 N–H and O–H groups in total. The molecule has 0 bridgehead atoms. The third-order valence-corrected chi connectivity index (χ3v) is 4.13. The molecular formula is C21H27N3O3. The lowest BCUT2D eigenvalue weighted by atomic mass is 9.87. The lowest BCUT2D eigenvalue weighted by Gasteiger charge is -2.19. The topological polar surface area (TPSA) is 93.4 Å². The van der Waals surface area contributed by atoms with Crippen LogP contribution in [0, 0.1) is 0 Å². The van der Waals surface area contributed by atoms with E-state index < -0.39 is 6.04 Å². The summed E-state index contributed by atoms with van der Waals surface area (Å²) in [5.41, 5.74) is 8.44. The van der Waals surface area contributed by atoms with Crippen molar-refractivity contribution in [1.29, 1.82) is 0 Å². The smallest absolute Gasteiger partial charge is 0.255 e. The molecule has 0 radical (unpaired) electrons. The zero-order valence-electron chi connectivity index (χ0n) is 16.2. The maximum Gasteiger partial charge on any atom is 0.255 e. The molecule has 2 rings (SSSR count). The van der Waals surface area contributed by atoms with Gasteiger partial charge in [0.1, 0.15) is 6.04 Å². The third kappa shape index (κ3) is 5.64. The SMILES string of the molecule is COCC(N)C(=O)Nc1ccccc1NC(=O)c1ccc(C(C)(C)C)cc1. The minimum atomic E-state index is -0.788. The Labute approximate surface area is 160 Å². The summed E-state index contributed by atoms with van der Waals surface area (Å²) in [6.45, 7) is 6.47. The normalized spacial score (nSPS) is 12.3. The highest BCUT2D eigenvalue weighted by atomic mass is 16.5. The first-order valence-corrected chi connectivity index (χ1v) is 8.78. The Kier molecular flexibility index (Phi) is 6.71. The molecule has 2 amide bonds. The fourth-order valence-electron chi connectivity index (χ4n) is 2.50. The zero-order chi connectivity index (χ0) is 20.0. The lowest BCUT2D eigenvalue weighted by molar-refractivity contribution is -0.118. The second-order valence-electron chi connectivity index (χ2n) is 7.38. The van der Waals surface area contributed by atoms with E-state index in [9.17, 15) is 9.59 Å². The van der Waals surface area contributed by atoms with Crippen molar-refractivity contribution >= 4 is 23.2 Å². The van der Waals surface area contributed by atoms with E-state index in [4.69, 9.17) is 10.5 Å². The predicted molar refractivity (Wildman–Crippen MR) is 108 cm³/mol. The summed E-state index contributed by atoms with van der Waals surface area (Å²) in [6.07, 6.45) is 0. The summed E-state index contributed by atoms with van der Waals surface area (Å²) >= 11 is 0. The summed E-state index contributed by atoms with van der Waals surface area (Å²) in [5, 5.41) is 5.56. The van der Waals surface area contributed by atoms with E-state index in [0.717, 1.165) is 5.56 Å². The van der Waals surface area contributed by atoms with Gasteiger partial charge < -0.3 is 21.1 Å². The molecule has 2 aromatic rings. The van der Waals surface area contributed by atoms with Gasteiger partial charge in [0.15, 0.2) is 0 Å². The quantitative estimate of drug-likeness (QED) is 0.729. The van der Waals surface area contributed by atoms with Crippen molar-refractivity contribution in [1.82, 2.24) is 0 Å². The van der Waals surface area contributed by atoms with Crippen molar-refractivity contribution in [2.45, 2.75) is 32.2 Å². The second kappa shape index (κ2) is 8.79. The van der Waals surface area contributed by atoms with Gasteiger partial charge in [-0.2, -0.15) is 0 Å². The minimum absolute atomic E-state index is 0.0207. The van der Waals surface area contributed by atoms with Gasteiger partial charge in [-0.15, -0.1) is 0 Å². The zero-order valence-corrected chi connectivity index (χ0v) is 16.2. The number of nitrogens with two attached hydrogens (primary N) is 1. The number of hydrogen-bond acceptors (Lipinski definition) is 4. The van der Waals surface area contributed by atoms with Gasteiger partial charge in [-0.3, -0.25) is 9.59 Å². The van der Waals surface area contributed by atoms with E-state index in [-0.39, 0.29) is 23.8 Å². The Morgan fingerprint density at radius 1 is 1.00 bits per heavy atom. The Bertz CT molecular complexity index is 795. The Hall–Kier alpha value is -2.70. The van der Waals surface area contributed by atoms with Gasteiger partial charge >= 0.3 is 0 Å². The first-order chi connectivity index (χ1) is 12.7. The number of hydrogen-bond donors (Lipinski definition) is 3. The number of para-hydroxylation sites is 2. The summed E-state index contributed by atoms with van der Waals surface area (Å²) in [6, 6.07) is 13.7. The molecule has 0 aliphatic carbocycles. The van der Waals surface area contributed by atoms with Gasteiger partial charge in [0.25, 0.3) is 5.91 Å². The number of benzene rings is 2. The average molecular weight is 369 g/mol. The molecule has 1 atom stereocenters. The van der Waals surface area contributed by atoms with E-state index in [1.165, 1.54) is 7.11 Å². The van der Waals surface area contributed by atoms with Crippen LogP contribution < -0.4 is 16.4 Å². The van der Waals surface area contributed by atoms with E-state index >= 15 is 0 Å². The van der Waals surface area contributed by atoms with Crippen molar-refractivity contribution in [3.8, 4) is 0 Å². The fraction of sp³-hybridized carbons (Fsp3) is 0.333. The molecule has 0 heterocycles. The van der Waals surface area contributed by atoms with E-state index in [1.54, 1.807) is 36.4 Å². The maximum absolute atomic E-state index is 12.6. The van der Waals surface area contributed by atoms with Crippen molar-refractivity contribution in [3.63, 3.8) is 0 Å². The van der Waals surface area contributed by atoms with Gasteiger partial charge in [-0.05, 0) is 35.2 Å². The molecule has 1 unspecified atom stereocenters. The Morgan fingerprint density at radius 3 is 2.07 bits per heavy atom. The van der Waals surface area contributed by atoms with Gasteiger partial charge in [-0.1, -0.05) is 45.0 Å². The highest BCUT2D eigenvalue weighted by molar-refractivity contribution is 6.07. The Balaban J connectivity index is 2.13. The van der Waals surface area contributed by atoms with Crippen LogP contribution in [0.3, 0.4) is 0 Å². The van der Waals surface area contributed by atoms with Crippen LogP contribution >= 0.6 is 0 Å². The molecule has 0 saturated carbocycles. The molecular weight excluding hydrogens is 342 g/mol. The number of carbonyl (C=O) groups is 2. The van der Waals surface area contributed by atoms with Crippen LogP contribution in [0.4, 0.5) is 11.4 Å². The fourth-order valence-corrected chi connectivity index (χ4v) is 2.50. The van der Waals surface area contributed by atoms with Crippen LogP contribution in [0.1, 0.15) is 36.7 Å². The van der Waals surface area contributed by atoms with Crippen LogP contribution in [0.25, 0.3) is 0 Å². The first-order valence-electron chi connectivity index (χ1n) is 8.78. The van der Waals surface area contributed by atoms with E-state index in [1.807, 2.05) is 12.1 Å². The third-order valence-electron chi connectivity index (χ3n) is 4.13. The second-order valence-corrected chi connectivity index (χ2v) is 7.38. The van der Waals surface area contributed by atoms with Crippen LogP contribution in [-0.2, 0) is 14.9 Å². The van der Waals surface area contributed by atoms with Gasteiger partial charge in [0, 0.05) is 12.7 Å². The molecule has 0 aliphatic rings. The molecule has 27 heavy (non-hydrogen) atoms. The molecule has 2 aromatic carbocycles. The van der Waals surface area contributed by atoms with Crippen molar-refractivity contribution in [2.75, 3.05) is 24.4 Å². The first kappa shape index (κ1) is 20.6. The summed E-state index contributed by atoms with van der Waals surface area (Å²) < 4.78 is 4.89. The maximum atomic E-state index is 12.6. The molecule has 0 aromatic heterocycles. The van der Waals surface area contributed by atoms with Crippen LogP contribution in [0.5, 0.6) is 0 Å². The summed E-state index contributed by atoms with van der Waals surface area (Å²) in [5.74, 6) is -0.633. The van der Waals surface area contributed by atoms with Crippen LogP contribution in [-0.4, -0.2) is 31.6 Å². The number of anilines is 2. The van der Waals surface area contributed by atoms with Gasteiger partial charge in [0.2, 0.25) is 5.91 Å². The van der Waals surface area contributed by atoms with Gasteiger partial charge in [-0.25, -0.2) is 0 Å². The summed E-state index contributed by atoms with van der Waals surface area (Å²) in [7, 11) is 1.48. The molecule has 0 aliphatic heterocycles. The molecule has 0 fully saturated rings. The highest BCUT2D eigenvalue weighted by Crippen LogP contribution is 2.24. The largest absolute Gasteiger partial charge is 0.383 e. The number of ether oxygens (including phenoxy) is 1. The highest BCUT2D eigenvalue weighted by Gasteiger charge is 2.17. The van der Waals surface area contributed by atoms with Crippen molar-refractivity contribution < 1.29 is 14.3 Å². The monoisotopic (exact) mass is 369 g/mol. The minimum Gasteiger partial charge on any atom is -0.383 e. The molecule has 0 spiro atoms. The molecule has 6 nitrogen and oxygen atoms in total. The summed E-state index contributed by atoms with van der Waals surface area (Å²) in [4.78, 5) is 24.7. The molecule has 6 heteroatoms. The molecule has 0 saturated heterocycles. The van der Waals surface area contributed by atoms with Gasteiger partial charge in [0.05, 0.1) is 18.0 Å². The average Bonchev–Trinajstić information content (AvgIpc) is 2.62. The number of nitrogens with one attached hydrogen (secondary N) is 2. The molecule has 144 valence electrons. The standard InChI is InChI=1S/C21H27N3O3/c1-21(2,3)15-11-9-14(10-12-15)19(25)23-17-7-5-6-8-18(17)24-20(26)16(22)13-27-4/h5-12,16H,13,22H2,1-4H3,(H,23,25)(H,24,26). The van der Waals surface area contributed by atoms with Crippen molar-refractivity contribution in [2.24, 2.45) is 5.73 Å². The number of carbonyl (C=O) groups excluding carboxylic acids is 2. The van der Waals surface area contributed by atoms with E-state index in [2.05, 4.69) is 31.4 Å².